The lowest BCUT2D eigenvalue weighted by molar-refractivity contribution is 0.350. The molecule has 0 radical (unpaired) electrons. The lowest BCUT2D eigenvalue weighted by Crippen LogP contribution is -2.36. The van der Waals surface area contributed by atoms with Crippen molar-refractivity contribution in [1.82, 2.24) is 9.29 Å². The molecule has 0 saturated heterocycles. The van der Waals surface area contributed by atoms with E-state index in [1.807, 2.05) is 19.9 Å². The molecule has 16 heavy (non-hydrogen) atoms. The van der Waals surface area contributed by atoms with Gasteiger partial charge in [-0.25, -0.2) is 8.42 Å². The van der Waals surface area contributed by atoms with Crippen molar-refractivity contribution < 1.29 is 8.42 Å². The minimum Gasteiger partial charge on any atom is -0.264 e. The van der Waals surface area contributed by atoms with E-state index < -0.39 is 10.0 Å². The molecule has 0 unspecified atom stereocenters. The Labute approximate surface area is 96.4 Å². The molecule has 0 fully saturated rings. The van der Waals surface area contributed by atoms with Gasteiger partial charge in [0.2, 0.25) is 10.0 Å². The van der Waals surface area contributed by atoms with Gasteiger partial charge in [0.1, 0.15) is 0 Å². The van der Waals surface area contributed by atoms with Crippen LogP contribution in [0.2, 0.25) is 0 Å². The highest BCUT2D eigenvalue weighted by Gasteiger charge is 2.28. The summed E-state index contributed by atoms with van der Waals surface area (Å²) < 4.78 is 25.6. The van der Waals surface area contributed by atoms with Crippen molar-refractivity contribution in [2.45, 2.75) is 32.9 Å². The van der Waals surface area contributed by atoms with E-state index in [0.717, 1.165) is 11.1 Å². The van der Waals surface area contributed by atoms with Gasteiger partial charge in [-0.15, -0.1) is 0 Å². The van der Waals surface area contributed by atoms with E-state index in [1.165, 1.54) is 0 Å². The van der Waals surface area contributed by atoms with Crippen LogP contribution in [0.4, 0.5) is 0 Å². The average molecular weight is 240 g/mol. The van der Waals surface area contributed by atoms with Crippen LogP contribution < -0.4 is 0 Å². The van der Waals surface area contributed by atoms with E-state index in [-0.39, 0.29) is 11.8 Å². The number of aromatic nitrogens is 1. The Kier molecular flexibility index (Phi) is 2.99. The number of aryl methyl sites for hydroxylation is 1. The molecule has 5 heteroatoms. The van der Waals surface area contributed by atoms with Gasteiger partial charge in [0, 0.05) is 25.0 Å². The van der Waals surface area contributed by atoms with Crippen molar-refractivity contribution in [3.05, 3.63) is 29.6 Å². The average Bonchev–Trinajstić information content (AvgIpc) is 2.36. The first-order valence-corrected chi connectivity index (χ1v) is 7.03. The Morgan fingerprint density at radius 1 is 1.38 bits per heavy atom. The summed E-state index contributed by atoms with van der Waals surface area (Å²) in [6.07, 6.45) is 4.07. The number of rotatable bonds is 1. The highest BCUT2D eigenvalue weighted by atomic mass is 32.2. The lowest BCUT2D eigenvalue weighted by Gasteiger charge is -2.23. The minimum atomic E-state index is -3.12. The zero-order valence-electron chi connectivity index (χ0n) is 9.55. The zero-order chi connectivity index (χ0) is 11.8. The molecule has 1 aliphatic heterocycles. The van der Waals surface area contributed by atoms with E-state index in [1.54, 1.807) is 16.7 Å². The van der Waals surface area contributed by atoms with Gasteiger partial charge < -0.3 is 0 Å². The second kappa shape index (κ2) is 4.14. The first-order chi connectivity index (χ1) is 7.50. The second-order valence-corrected chi connectivity index (χ2v) is 6.39. The number of hydrogen-bond donors (Lipinski definition) is 0. The van der Waals surface area contributed by atoms with Crippen LogP contribution in [-0.2, 0) is 23.0 Å². The van der Waals surface area contributed by atoms with Gasteiger partial charge in [-0.2, -0.15) is 4.31 Å². The third kappa shape index (κ3) is 2.10. The van der Waals surface area contributed by atoms with Crippen LogP contribution in [0.5, 0.6) is 0 Å². The normalized spacial score (nSPS) is 20.4. The summed E-state index contributed by atoms with van der Waals surface area (Å²) in [6.45, 7) is 4.25. The fourth-order valence-electron chi connectivity index (χ4n) is 1.97. The predicted molar refractivity (Wildman–Crippen MR) is 62.4 cm³/mol. The van der Waals surface area contributed by atoms with Crippen LogP contribution in [0.25, 0.3) is 0 Å². The van der Waals surface area contributed by atoms with Crippen molar-refractivity contribution >= 4 is 10.0 Å². The first kappa shape index (κ1) is 11.5. The first-order valence-electron chi connectivity index (χ1n) is 5.42. The van der Waals surface area contributed by atoms with E-state index >= 15 is 0 Å². The summed E-state index contributed by atoms with van der Waals surface area (Å²) in [5.41, 5.74) is 2.12. The summed E-state index contributed by atoms with van der Waals surface area (Å²) in [6, 6.07) is 1.91. The quantitative estimate of drug-likeness (QED) is 0.740. The molecular formula is C11H16N2O2S. The molecule has 2 rings (SSSR count). The smallest absolute Gasteiger partial charge is 0.214 e. The van der Waals surface area contributed by atoms with Gasteiger partial charge in [-0.3, -0.25) is 4.98 Å². The molecule has 0 atom stereocenters. The number of pyridine rings is 1. The molecule has 0 saturated carbocycles. The van der Waals surface area contributed by atoms with Crippen molar-refractivity contribution in [2.75, 3.05) is 5.75 Å². The number of fused-ring (bicyclic) bond motifs is 1. The fourth-order valence-corrected chi connectivity index (χ4v) is 3.66. The highest BCUT2D eigenvalue weighted by molar-refractivity contribution is 7.89. The van der Waals surface area contributed by atoms with Gasteiger partial charge in [0.15, 0.2) is 0 Å². The standard InChI is InChI=1S/C11H16N2O2S/c1-9(2)13-8-11-7-12-5-3-10(11)4-6-16(13,14)15/h3,5,7,9H,4,6,8H2,1-2H3. The Balaban J connectivity index is 2.42. The van der Waals surface area contributed by atoms with E-state index in [0.29, 0.717) is 13.0 Å². The van der Waals surface area contributed by atoms with Crippen molar-refractivity contribution in [1.29, 1.82) is 0 Å². The van der Waals surface area contributed by atoms with Crippen LogP contribution in [0.1, 0.15) is 25.0 Å². The van der Waals surface area contributed by atoms with Gasteiger partial charge >= 0.3 is 0 Å². The van der Waals surface area contributed by atoms with Gasteiger partial charge in [0.05, 0.1) is 5.75 Å². The Morgan fingerprint density at radius 2 is 2.12 bits per heavy atom. The van der Waals surface area contributed by atoms with E-state index in [4.69, 9.17) is 0 Å². The van der Waals surface area contributed by atoms with Gasteiger partial charge in [0.25, 0.3) is 0 Å². The van der Waals surface area contributed by atoms with E-state index in [9.17, 15) is 8.42 Å². The molecule has 0 aliphatic carbocycles. The molecule has 0 aromatic carbocycles. The maximum Gasteiger partial charge on any atom is 0.214 e. The molecule has 4 nitrogen and oxygen atoms in total. The fraction of sp³-hybridized carbons (Fsp3) is 0.545. The van der Waals surface area contributed by atoms with Crippen LogP contribution in [0, 0.1) is 0 Å². The van der Waals surface area contributed by atoms with E-state index in [2.05, 4.69) is 4.98 Å². The Morgan fingerprint density at radius 3 is 2.81 bits per heavy atom. The molecule has 0 bridgehead atoms. The monoisotopic (exact) mass is 240 g/mol. The van der Waals surface area contributed by atoms with Gasteiger partial charge in [-0.05, 0) is 37.5 Å². The topological polar surface area (TPSA) is 50.3 Å². The molecular weight excluding hydrogens is 224 g/mol. The molecule has 1 aliphatic rings. The van der Waals surface area contributed by atoms with Crippen molar-refractivity contribution in [3.63, 3.8) is 0 Å². The number of hydrogen-bond acceptors (Lipinski definition) is 3. The second-order valence-electron chi connectivity index (χ2n) is 4.35. The molecule has 2 heterocycles. The highest BCUT2D eigenvalue weighted by Crippen LogP contribution is 2.21. The molecule has 0 amide bonds. The summed E-state index contributed by atoms with van der Waals surface area (Å²) in [5, 5.41) is 0. The molecule has 1 aromatic heterocycles. The summed E-state index contributed by atoms with van der Waals surface area (Å²) >= 11 is 0. The molecule has 1 aromatic rings. The summed E-state index contributed by atoms with van der Waals surface area (Å²) in [4.78, 5) is 4.06. The lowest BCUT2D eigenvalue weighted by atomic mass is 10.1. The Bertz CT molecular complexity index is 483. The van der Waals surface area contributed by atoms with Gasteiger partial charge in [-0.1, -0.05) is 0 Å². The maximum atomic E-state index is 12.0. The van der Waals surface area contributed by atoms with Crippen LogP contribution in [0.15, 0.2) is 18.5 Å². The van der Waals surface area contributed by atoms with Crippen molar-refractivity contribution in [3.8, 4) is 0 Å². The van der Waals surface area contributed by atoms with Crippen LogP contribution >= 0.6 is 0 Å². The maximum absolute atomic E-state index is 12.0. The zero-order valence-corrected chi connectivity index (χ0v) is 10.4. The Hall–Kier alpha value is -0.940. The largest absolute Gasteiger partial charge is 0.264 e. The number of sulfonamides is 1. The summed E-state index contributed by atoms with van der Waals surface area (Å²) in [5.74, 6) is 0.197. The third-order valence-electron chi connectivity index (χ3n) is 2.89. The predicted octanol–water partition coefficient (Wildman–Crippen LogP) is 1.18. The van der Waals surface area contributed by atoms with Crippen LogP contribution in [-0.4, -0.2) is 29.5 Å². The molecule has 0 spiro atoms. The SMILES string of the molecule is CC(C)N1Cc2cnccc2CCS1(=O)=O. The summed E-state index contributed by atoms with van der Waals surface area (Å²) in [7, 11) is -3.12. The minimum absolute atomic E-state index is 0.00356. The number of nitrogens with zero attached hydrogens (tertiary/aromatic N) is 2. The molecule has 88 valence electrons. The molecule has 0 N–H and O–H groups in total. The van der Waals surface area contributed by atoms with Crippen molar-refractivity contribution in [2.24, 2.45) is 0 Å². The third-order valence-corrected chi connectivity index (χ3v) is 4.88. The van der Waals surface area contributed by atoms with Crippen LogP contribution in [0.3, 0.4) is 0 Å².